The molecule has 2 rings (SSSR count). The maximum Gasteiger partial charge on any atom is 0.161 e. The Morgan fingerprint density at radius 2 is 2.00 bits per heavy atom. The number of nitrogens with zero attached hydrogens (tertiary/aromatic N) is 1. The van der Waals surface area contributed by atoms with Crippen LogP contribution in [0, 0.1) is 0 Å². The molecule has 1 atom stereocenters. The van der Waals surface area contributed by atoms with Gasteiger partial charge in [0.2, 0.25) is 0 Å². The van der Waals surface area contributed by atoms with E-state index in [4.69, 9.17) is 15.2 Å². The van der Waals surface area contributed by atoms with E-state index in [0.717, 1.165) is 31.1 Å². The molecule has 5 heteroatoms. The van der Waals surface area contributed by atoms with Crippen LogP contribution in [0.15, 0.2) is 24.3 Å². The maximum atomic E-state index is 5.82. The molecule has 0 aromatic heterocycles. The Bertz CT molecular complexity index is 390. The van der Waals surface area contributed by atoms with Crippen LogP contribution >= 0.6 is 12.4 Å². The van der Waals surface area contributed by atoms with Gasteiger partial charge in [-0.05, 0) is 31.5 Å². The molecule has 1 aliphatic heterocycles. The molecule has 114 valence electrons. The lowest BCUT2D eigenvalue weighted by molar-refractivity contribution is 0.126. The van der Waals surface area contributed by atoms with Crippen LogP contribution in [0.4, 0.5) is 0 Å². The standard InChI is InChI=1S/C15H24N2O2.ClH/c1-18-14-7-2-3-8-15(14)19-11-10-17-9-5-4-6-13(17)12-16;/h2-3,7-8,13H,4-6,9-12,16H2,1H3;1H. The average Bonchev–Trinajstić information content (AvgIpc) is 2.48. The van der Waals surface area contributed by atoms with Gasteiger partial charge in [0.25, 0.3) is 0 Å². The minimum absolute atomic E-state index is 0. The minimum atomic E-state index is 0. The number of piperidine rings is 1. The first kappa shape index (κ1) is 17.1. The summed E-state index contributed by atoms with van der Waals surface area (Å²) in [6, 6.07) is 8.28. The predicted octanol–water partition coefficient (Wildman–Crippen LogP) is 2.31. The summed E-state index contributed by atoms with van der Waals surface area (Å²) in [5.41, 5.74) is 5.82. The highest BCUT2D eigenvalue weighted by atomic mass is 35.5. The van der Waals surface area contributed by atoms with Gasteiger partial charge in [0, 0.05) is 19.1 Å². The van der Waals surface area contributed by atoms with Gasteiger partial charge < -0.3 is 15.2 Å². The third-order valence-electron chi connectivity index (χ3n) is 3.73. The number of likely N-dealkylation sites (tertiary alicyclic amines) is 1. The topological polar surface area (TPSA) is 47.7 Å². The van der Waals surface area contributed by atoms with Crippen LogP contribution in [0.2, 0.25) is 0 Å². The van der Waals surface area contributed by atoms with Gasteiger partial charge in [-0.3, -0.25) is 4.90 Å². The first-order chi connectivity index (χ1) is 9.35. The van der Waals surface area contributed by atoms with Gasteiger partial charge in [0.1, 0.15) is 6.61 Å². The summed E-state index contributed by atoms with van der Waals surface area (Å²) in [7, 11) is 1.66. The van der Waals surface area contributed by atoms with E-state index < -0.39 is 0 Å². The Labute approximate surface area is 127 Å². The van der Waals surface area contributed by atoms with Gasteiger partial charge in [-0.15, -0.1) is 12.4 Å². The molecule has 1 unspecified atom stereocenters. The lowest BCUT2D eigenvalue weighted by atomic mass is 10.0. The molecular weight excluding hydrogens is 276 g/mol. The van der Waals surface area contributed by atoms with Crippen LogP contribution in [-0.2, 0) is 0 Å². The number of ether oxygens (including phenoxy) is 2. The average molecular weight is 301 g/mol. The number of rotatable bonds is 6. The first-order valence-electron chi connectivity index (χ1n) is 7.05. The second-order valence-electron chi connectivity index (χ2n) is 4.92. The van der Waals surface area contributed by atoms with E-state index in [2.05, 4.69) is 4.90 Å². The van der Waals surface area contributed by atoms with Crippen LogP contribution in [0.1, 0.15) is 19.3 Å². The molecule has 1 aromatic rings. The van der Waals surface area contributed by atoms with E-state index in [1.54, 1.807) is 7.11 Å². The van der Waals surface area contributed by atoms with Crippen molar-refractivity contribution in [3.05, 3.63) is 24.3 Å². The number of halogens is 1. The number of hydrogen-bond acceptors (Lipinski definition) is 4. The van der Waals surface area contributed by atoms with E-state index in [9.17, 15) is 0 Å². The SMILES string of the molecule is COc1ccccc1OCCN1CCCCC1CN.Cl. The van der Waals surface area contributed by atoms with Crippen LogP contribution in [0.25, 0.3) is 0 Å². The van der Waals surface area contributed by atoms with Crippen LogP contribution in [-0.4, -0.2) is 44.3 Å². The summed E-state index contributed by atoms with van der Waals surface area (Å²) in [5.74, 6) is 1.60. The van der Waals surface area contributed by atoms with Gasteiger partial charge in [0.15, 0.2) is 11.5 Å². The van der Waals surface area contributed by atoms with Crippen molar-refractivity contribution in [1.29, 1.82) is 0 Å². The van der Waals surface area contributed by atoms with E-state index >= 15 is 0 Å². The fourth-order valence-corrected chi connectivity index (χ4v) is 2.63. The van der Waals surface area contributed by atoms with E-state index in [1.807, 2.05) is 24.3 Å². The lowest BCUT2D eigenvalue weighted by Gasteiger charge is -2.34. The zero-order valence-corrected chi connectivity index (χ0v) is 12.9. The highest BCUT2D eigenvalue weighted by Gasteiger charge is 2.20. The molecule has 1 heterocycles. The zero-order chi connectivity index (χ0) is 13.5. The van der Waals surface area contributed by atoms with Gasteiger partial charge in [0.05, 0.1) is 7.11 Å². The summed E-state index contributed by atoms with van der Waals surface area (Å²) in [6.07, 6.45) is 3.78. The van der Waals surface area contributed by atoms with E-state index in [0.29, 0.717) is 12.6 Å². The predicted molar refractivity (Wildman–Crippen MR) is 84.0 cm³/mol. The van der Waals surface area contributed by atoms with Gasteiger partial charge in [-0.2, -0.15) is 0 Å². The molecule has 0 amide bonds. The van der Waals surface area contributed by atoms with Crippen molar-refractivity contribution < 1.29 is 9.47 Å². The number of para-hydroxylation sites is 2. The molecule has 1 aliphatic rings. The van der Waals surface area contributed by atoms with Crippen molar-refractivity contribution >= 4 is 12.4 Å². The maximum absolute atomic E-state index is 5.82. The Morgan fingerprint density at radius 1 is 1.25 bits per heavy atom. The van der Waals surface area contributed by atoms with Gasteiger partial charge >= 0.3 is 0 Å². The Balaban J connectivity index is 0.00000200. The Hall–Kier alpha value is -0.970. The Kier molecular flexibility index (Phi) is 7.73. The van der Waals surface area contributed by atoms with Crippen LogP contribution in [0.3, 0.4) is 0 Å². The van der Waals surface area contributed by atoms with Crippen molar-refractivity contribution in [3.63, 3.8) is 0 Å². The number of nitrogens with two attached hydrogens (primary N) is 1. The van der Waals surface area contributed by atoms with Crippen molar-refractivity contribution in [2.45, 2.75) is 25.3 Å². The fourth-order valence-electron chi connectivity index (χ4n) is 2.63. The molecule has 1 aromatic carbocycles. The van der Waals surface area contributed by atoms with Crippen molar-refractivity contribution in [2.75, 3.05) is 33.4 Å². The number of benzene rings is 1. The summed E-state index contributed by atoms with van der Waals surface area (Å²) >= 11 is 0. The molecular formula is C15H25ClN2O2. The second-order valence-corrected chi connectivity index (χ2v) is 4.92. The highest BCUT2D eigenvalue weighted by molar-refractivity contribution is 5.85. The van der Waals surface area contributed by atoms with Crippen LogP contribution < -0.4 is 15.2 Å². The van der Waals surface area contributed by atoms with E-state index in [1.165, 1.54) is 19.3 Å². The molecule has 2 N–H and O–H groups in total. The molecule has 1 saturated heterocycles. The quantitative estimate of drug-likeness (QED) is 0.876. The van der Waals surface area contributed by atoms with E-state index in [-0.39, 0.29) is 12.4 Å². The molecule has 0 saturated carbocycles. The molecule has 1 fully saturated rings. The van der Waals surface area contributed by atoms with Crippen molar-refractivity contribution in [2.24, 2.45) is 5.73 Å². The molecule has 0 radical (unpaired) electrons. The summed E-state index contributed by atoms with van der Waals surface area (Å²) in [4.78, 5) is 2.44. The zero-order valence-electron chi connectivity index (χ0n) is 12.1. The molecule has 0 bridgehead atoms. The summed E-state index contributed by atoms with van der Waals surface area (Å²) in [5, 5.41) is 0. The number of hydrogen-bond donors (Lipinski definition) is 1. The number of methoxy groups -OCH3 is 1. The Morgan fingerprint density at radius 3 is 2.70 bits per heavy atom. The first-order valence-corrected chi connectivity index (χ1v) is 7.05. The minimum Gasteiger partial charge on any atom is -0.493 e. The summed E-state index contributed by atoms with van der Waals surface area (Å²) in [6.45, 7) is 3.49. The van der Waals surface area contributed by atoms with Gasteiger partial charge in [-0.1, -0.05) is 18.6 Å². The fraction of sp³-hybridized carbons (Fsp3) is 0.600. The lowest BCUT2D eigenvalue weighted by Crippen LogP contribution is -2.45. The largest absolute Gasteiger partial charge is 0.493 e. The third-order valence-corrected chi connectivity index (χ3v) is 3.73. The van der Waals surface area contributed by atoms with Crippen LogP contribution in [0.5, 0.6) is 11.5 Å². The van der Waals surface area contributed by atoms with Crippen molar-refractivity contribution in [3.8, 4) is 11.5 Å². The smallest absolute Gasteiger partial charge is 0.161 e. The van der Waals surface area contributed by atoms with Gasteiger partial charge in [-0.25, -0.2) is 0 Å². The highest BCUT2D eigenvalue weighted by Crippen LogP contribution is 2.25. The third kappa shape index (κ3) is 4.54. The summed E-state index contributed by atoms with van der Waals surface area (Å²) < 4.78 is 11.1. The monoisotopic (exact) mass is 300 g/mol. The molecule has 20 heavy (non-hydrogen) atoms. The molecule has 0 aliphatic carbocycles. The van der Waals surface area contributed by atoms with Crippen molar-refractivity contribution in [1.82, 2.24) is 4.90 Å². The second kappa shape index (κ2) is 9.06. The molecule has 0 spiro atoms. The molecule has 4 nitrogen and oxygen atoms in total. The normalized spacial score (nSPS) is 19.2.